The van der Waals surface area contributed by atoms with Crippen LogP contribution >= 0.6 is 11.3 Å². The van der Waals surface area contributed by atoms with E-state index >= 15 is 0 Å². The summed E-state index contributed by atoms with van der Waals surface area (Å²) in [5.41, 5.74) is 0. The van der Waals surface area contributed by atoms with Crippen LogP contribution in [0.15, 0.2) is 16.3 Å². The molecule has 0 aromatic carbocycles. The van der Waals surface area contributed by atoms with Gasteiger partial charge >= 0.3 is 0 Å². The molecule has 0 spiro atoms. The smallest absolute Gasteiger partial charge is 0.252 e. The molecule has 2 aliphatic heterocycles. The van der Waals surface area contributed by atoms with E-state index in [9.17, 15) is 8.42 Å². The topological polar surface area (TPSA) is 49.4 Å². The highest BCUT2D eigenvalue weighted by atomic mass is 32.2. The Bertz CT molecular complexity index is 524. The zero-order valence-electron chi connectivity index (χ0n) is 10.4. The number of nitrogens with one attached hydrogen (secondary N) is 1. The van der Waals surface area contributed by atoms with Crippen molar-refractivity contribution < 1.29 is 8.42 Å². The molecule has 3 heterocycles. The highest BCUT2D eigenvalue weighted by Crippen LogP contribution is 2.31. The fourth-order valence-corrected chi connectivity index (χ4v) is 5.84. The lowest BCUT2D eigenvalue weighted by Crippen LogP contribution is -2.41. The van der Waals surface area contributed by atoms with Crippen LogP contribution in [0.2, 0.25) is 0 Å². The molecule has 2 unspecified atom stereocenters. The lowest BCUT2D eigenvalue weighted by Gasteiger charge is -2.24. The Balaban J connectivity index is 1.83. The van der Waals surface area contributed by atoms with Crippen molar-refractivity contribution in [2.75, 3.05) is 19.6 Å². The van der Waals surface area contributed by atoms with Crippen molar-refractivity contribution in [3.63, 3.8) is 0 Å². The zero-order valence-corrected chi connectivity index (χ0v) is 12.1. The van der Waals surface area contributed by atoms with Gasteiger partial charge in [0.1, 0.15) is 4.21 Å². The SMILES string of the molecule is Cc1ccc(S(=O)(=O)N2CC3CCCNC3C2)s1. The molecule has 4 nitrogen and oxygen atoms in total. The van der Waals surface area contributed by atoms with Crippen LogP contribution in [0.4, 0.5) is 0 Å². The molecule has 18 heavy (non-hydrogen) atoms. The minimum Gasteiger partial charge on any atom is -0.312 e. The summed E-state index contributed by atoms with van der Waals surface area (Å²) in [5.74, 6) is 0.495. The Hall–Kier alpha value is -0.430. The van der Waals surface area contributed by atoms with Crippen molar-refractivity contribution in [3.8, 4) is 0 Å². The molecular weight excluding hydrogens is 268 g/mol. The maximum Gasteiger partial charge on any atom is 0.252 e. The van der Waals surface area contributed by atoms with Crippen molar-refractivity contribution >= 4 is 21.4 Å². The number of hydrogen-bond acceptors (Lipinski definition) is 4. The number of nitrogens with zero attached hydrogens (tertiary/aromatic N) is 1. The summed E-state index contributed by atoms with van der Waals surface area (Å²) in [6.07, 6.45) is 2.31. The first-order chi connectivity index (χ1) is 8.57. The van der Waals surface area contributed by atoms with E-state index in [1.54, 1.807) is 10.4 Å². The van der Waals surface area contributed by atoms with Gasteiger partial charge in [-0.15, -0.1) is 11.3 Å². The first-order valence-electron chi connectivity index (χ1n) is 6.37. The third-order valence-electron chi connectivity index (χ3n) is 3.88. The highest BCUT2D eigenvalue weighted by Gasteiger charge is 2.40. The van der Waals surface area contributed by atoms with Crippen molar-refractivity contribution in [2.24, 2.45) is 5.92 Å². The Morgan fingerprint density at radius 2 is 2.22 bits per heavy atom. The molecule has 1 aromatic heterocycles. The number of rotatable bonds is 2. The van der Waals surface area contributed by atoms with Crippen molar-refractivity contribution in [2.45, 2.75) is 30.0 Å². The second-order valence-electron chi connectivity index (χ2n) is 5.15. The second kappa shape index (κ2) is 4.59. The van der Waals surface area contributed by atoms with Crippen molar-refractivity contribution in [1.82, 2.24) is 9.62 Å². The lowest BCUT2D eigenvalue weighted by molar-refractivity contribution is 0.339. The molecule has 6 heteroatoms. The van der Waals surface area contributed by atoms with Gasteiger partial charge in [-0.05, 0) is 44.4 Å². The molecule has 0 aliphatic carbocycles. The van der Waals surface area contributed by atoms with Gasteiger partial charge in [0, 0.05) is 24.0 Å². The molecule has 0 bridgehead atoms. The number of aryl methyl sites for hydroxylation is 1. The summed E-state index contributed by atoms with van der Waals surface area (Å²) in [6.45, 7) is 4.27. The molecule has 3 rings (SSSR count). The van der Waals surface area contributed by atoms with E-state index in [1.807, 2.05) is 13.0 Å². The van der Waals surface area contributed by atoms with Crippen LogP contribution in [0.5, 0.6) is 0 Å². The zero-order chi connectivity index (χ0) is 12.8. The molecule has 2 fully saturated rings. The summed E-state index contributed by atoms with van der Waals surface area (Å²) in [7, 11) is -3.26. The van der Waals surface area contributed by atoms with E-state index < -0.39 is 10.0 Å². The average molecular weight is 286 g/mol. The van der Waals surface area contributed by atoms with Crippen LogP contribution in [0, 0.1) is 12.8 Å². The standard InChI is InChI=1S/C12H18N2O2S2/c1-9-4-5-12(17-9)18(15,16)14-7-10-3-2-6-13-11(10)8-14/h4-5,10-11,13H,2-3,6-8H2,1H3. The minimum absolute atomic E-state index is 0.356. The van der Waals surface area contributed by atoms with E-state index in [0.717, 1.165) is 24.3 Å². The van der Waals surface area contributed by atoms with Gasteiger partial charge in [-0.25, -0.2) is 8.42 Å². The molecule has 100 valence electrons. The van der Waals surface area contributed by atoms with E-state index in [2.05, 4.69) is 5.32 Å². The molecule has 1 N–H and O–H groups in total. The third-order valence-corrected chi connectivity index (χ3v) is 7.18. The van der Waals surface area contributed by atoms with E-state index in [1.165, 1.54) is 11.3 Å². The van der Waals surface area contributed by atoms with Crippen molar-refractivity contribution in [1.29, 1.82) is 0 Å². The average Bonchev–Trinajstić information content (AvgIpc) is 2.94. The van der Waals surface area contributed by atoms with Gasteiger partial charge in [-0.2, -0.15) is 4.31 Å². The molecular formula is C12H18N2O2S2. The monoisotopic (exact) mass is 286 g/mol. The first-order valence-corrected chi connectivity index (χ1v) is 8.63. The Labute approximate surface area is 112 Å². The third kappa shape index (κ3) is 2.11. The van der Waals surface area contributed by atoms with Gasteiger partial charge in [0.25, 0.3) is 10.0 Å². The number of fused-ring (bicyclic) bond motifs is 1. The summed E-state index contributed by atoms with van der Waals surface area (Å²) in [5, 5.41) is 3.44. The normalized spacial score (nSPS) is 29.4. The fraction of sp³-hybridized carbons (Fsp3) is 0.667. The number of sulfonamides is 1. The van der Waals surface area contributed by atoms with Crippen LogP contribution in [0.3, 0.4) is 0 Å². The van der Waals surface area contributed by atoms with Crippen LogP contribution in [-0.4, -0.2) is 38.4 Å². The lowest BCUT2D eigenvalue weighted by atomic mass is 9.94. The largest absolute Gasteiger partial charge is 0.312 e. The van der Waals surface area contributed by atoms with Crippen LogP contribution in [0.1, 0.15) is 17.7 Å². The van der Waals surface area contributed by atoms with Gasteiger partial charge in [-0.3, -0.25) is 0 Å². The van der Waals surface area contributed by atoms with Gasteiger partial charge in [0.15, 0.2) is 0 Å². The van der Waals surface area contributed by atoms with Gasteiger partial charge in [0.05, 0.1) is 0 Å². The molecule has 0 saturated carbocycles. The second-order valence-corrected chi connectivity index (χ2v) is 8.60. The van der Waals surface area contributed by atoms with E-state index in [0.29, 0.717) is 29.3 Å². The highest BCUT2D eigenvalue weighted by molar-refractivity contribution is 7.91. The number of thiophene rings is 1. The predicted molar refractivity (Wildman–Crippen MR) is 72.3 cm³/mol. The van der Waals surface area contributed by atoms with E-state index in [4.69, 9.17) is 0 Å². The molecule has 2 atom stereocenters. The van der Waals surface area contributed by atoms with Crippen LogP contribution < -0.4 is 5.32 Å². The summed E-state index contributed by atoms with van der Waals surface area (Å²) in [4.78, 5) is 1.04. The predicted octanol–water partition coefficient (Wildman–Crippen LogP) is 1.43. The number of hydrogen-bond donors (Lipinski definition) is 1. The van der Waals surface area contributed by atoms with Crippen LogP contribution in [-0.2, 0) is 10.0 Å². The Kier molecular flexibility index (Phi) is 3.21. The fourth-order valence-electron chi connectivity index (χ4n) is 2.88. The maximum atomic E-state index is 12.5. The molecule has 2 saturated heterocycles. The number of piperidine rings is 1. The Morgan fingerprint density at radius 1 is 1.39 bits per heavy atom. The van der Waals surface area contributed by atoms with Gasteiger partial charge in [-0.1, -0.05) is 0 Å². The van der Waals surface area contributed by atoms with Crippen LogP contribution in [0.25, 0.3) is 0 Å². The molecule has 0 radical (unpaired) electrons. The van der Waals surface area contributed by atoms with E-state index in [-0.39, 0.29) is 0 Å². The van der Waals surface area contributed by atoms with Crippen molar-refractivity contribution in [3.05, 3.63) is 17.0 Å². The summed E-state index contributed by atoms with van der Waals surface area (Å²) in [6, 6.07) is 3.96. The van der Waals surface area contributed by atoms with Gasteiger partial charge < -0.3 is 5.32 Å². The molecule has 1 aromatic rings. The quantitative estimate of drug-likeness (QED) is 0.895. The molecule has 0 amide bonds. The maximum absolute atomic E-state index is 12.5. The molecule has 2 aliphatic rings. The first kappa shape index (κ1) is 12.6. The Morgan fingerprint density at radius 3 is 2.89 bits per heavy atom. The summed E-state index contributed by atoms with van der Waals surface area (Å²) < 4.78 is 27.1. The summed E-state index contributed by atoms with van der Waals surface area (Å²) >= 11 is 1.36. The van der Waals surface area contributed by atoms with Gasteiger partial charge in [0.2, 0.25) is 0 Å². The minimum atomic E-state index is -3.26.